The molecule has 2 aromatic carbocycles. The Morgan fingerprint density at radius 2 is 1.23 bits per heavy atom. The van der Waals surface area contributed by atoms with Crippen molar-refractivity contribution in [3.63, 3.8) is 0 Å². The Morgan fingerprint density at radius 1 is 0.614 bits per heavy atom. The number of likely N-dealkylation sites (N-methyl/N-ethyl adjacent to an activating group) is 2. The standard InChI is InChI=1S/C60H80N2O21/c1-12-60(70)24-40(79-43-20-32(61(8)9)55(28(5)73-43)80-42-19-17-37(27(4)72-42)78-41-18-16-34(63)25(2)71-41)47-50(54(69)48-49(53(47)68)52(67)46-31(51(48)66)14-13-15-35(46)64)58(60)82-44-21-33(62(10)11)56(29(6)74-44)81-45-23-38-57(30(7)75-45)83-59-39(77-38)22-36(65)26(3)76-59/h13-16,18,25-30,32-33,37-45,55-59,64,68-70H,12,17,19-24H2,1-11H3. The Hall–Kier alpha value is -4.38. The number of hydrogen-bond acceptors (Lipinski definition) is 23. The number of carbonyl (C=O) groups excluding carboxylic acids is 4. The molecule has 6 saturated heterocycles. The van der Waals surface area contributed by atoms with Crippen LogP contribution in [0, 0.1) is 0 Å². The highest BCUT2D eigenvalue weighted by Gasteiger charge is 2.56. The van der Waals surface area contributed by atoms with Crippen LogP contribution in [-0.4, -0.2) is 210 Å². The summed E-state index contributed by atoms with van der Waals surface area (Å²) in [6.45, 7) is 12.6. The smallest absolute Gasteiger partial charge is 0.202 e. The second kappa shape index (κ2) is 23.7. The Kier molecular flexibility index (Phi) is 17.2. The Labute approximate surface area is 482 Å². The van der Waals surface area contributed by atoms with Gasteiger partial charge in [-0.05, 0) is 101 Å². The number of ether oxygens (including phenoxy) is 13. The number of aliphatic hydroxyl groups is 1. The zero-order valence-electron chi connectivity index (χ0n) is 48.9. The monoisotopic (exact) mass is 1160 g/mol. The molecule has 23 nitrogen and oxygen atoms in total. The van der Waals surface area contributed by atoms with Crippen molar-refractivity contribution in [1.29, 1.82) is 0 Å². The van der Waals surface area contributed by atoms with Gasteiger partial charge >= 0.3 is 0 Å². The third-order valence-corrected chi connectivity index (χ3v) is 18.3. The summed E-state index contributed by atoms with van der Waals surface area (Å²) in [5.41, 5.74) is -3.73. The molecule has 2 aliphatic carbocycles. The van der Waals surface area contributed by atoms with Crippen LogP contribution < -0.4 is 0 Å². The lowest BCUT2D eigenvalue weighted by molar-refractivity contribution is -0.372. The van der Waals surface area contributed by atoms with Crippen LogP contribution in [0.15, 0.2) is 30.4 Å². The molecule has 0 spiro atoms. The minimum atomic E-state index is -1.88. The van der Waals surface area contributed by atoms with E-state index in [4.69, 9.17) is 61.6 Å². The predicted molar refractivity (Wildman–Crippen MR) is 288 cm³/mol. The van der Waals surface area contributed by atoms with E-state index in [2.05, 4.69) is 0 Å². The summed E-state index contributed by atoms with van der Waals surface area (Å²) in [6.07, 6.45) is -9.04. The number of Topliss-reactive ketones (excluding diaryl/α,β-unsaturated/α-hetero) is 1. The minimum Gasteiger partial charge on any atom is -0.507 e. The summed E-state index contributed by atoms with van der Waals surface area (Å²) in [6, 6.07) is 3.30. The van der Waals surface area contributed by atoms with Gasteiger partial charge in [0.15, 0.2) is 55.1 Å². The predicted octanol–water partition coefficient (Wildman–Crippen LogP) is 4.91. The van der Waals surface area contributed by atoms with E-state index in [0.29, 0.717) is 19.3 Å². The number of benzene rings is 2. The van der Waals surface area contributed by atoms with E-state index in [1.165, 1.54) is 24.3 Å². The summed E-state index contributed by atoms with van der Waals surface area (Å²) in [5.74, 6) is -3.80. The van der Waals surface area contributed by atoms with Gasteiger partial charge in [0.1, 0.15) is 60.0 Å². The van der Waals surface area contributed by atoms with Gasteiger partial charge < -0.3 is 91.8 Å². The Balaban J connectivity index is 0.845. The third kappa shape index (κ3) is 11.4. The zero-order valence-corrected chi connectivity index (χ0v) is 48.9. The molecule has 0 bridgehead atoms. The minimum absolute atomic E-state index is 0.0159. The summed E-state index contributed by atoms with van der Waals surface area (Å²) < 4.78 is 83.8. The molecule has 6 fully saturated rings. The molecular formula is C60H80N2O21. The second-order valence-corrected chi connectivity index (χ2v) is 24.3. The number of nitrogens with zero attached hydrogens (tertiary/aromatic N) is 2. The lowest BCUT2D eigenvalue weighted by Gasteiger charge is -2.51. The average molecular weight is 1170 g/mol. The van der Waals surface area contributed by atoms with Gasteiger partial charge in [-0.25, -0.2) is 0 Å². The van der Waals surface area contributed by atoms with Crippen LogP contribution in [0.1, 0.15) is 155 Å². The number of carbonyl (C=O) groups is 4. The fourth-order valence-corrected chi connectivity index (χ4v) is 13.7. The second-order valence-electron chi connectivity index (χ2n) is 24.3. The van der Waals surface area contributed by atoms with E-state index in [1.807, 2.05) is 65.7 Å². The lowest BCUT2D eigenvalue weighted by atomic mass is 9.70. The highest BCUT2D eigenvalue weighted by Crippen LogP contribution is 2.58. The molecule has 0 radical (unpaired) electrons. The van der Waals surface area contributed by atoms with Crippen molar-refractivity contribution in [1.82, 2.24) is 9.80 Å². The van der Waals surface area contributed by atoms with Crippen molar-refractivity contribution in [2.24, 2.45) is 0 Å². The van der Waals surface area contributed by atoms with Gasteiger partial charge in [0.2, 0.25) is 5.78 Å². The first kappa shape index (κ1) is 60.3. The van der Waals surface area contributed by atoms with Crippen molar-refractivity contribution < 1.29 is 101 Å². The van der Waals surface area contributed by atoms with Crippen LogP contribution in [0.5, 0.6) is 17.2 Å². The molecule has 0 amide bonds. The van der Waals surface area contributed by atoms with Gasteiger partial charge in [-0.1, -0.05) is 19.1 Å². The van der Waals surface area contributed by atoms with E-state index in [9.17, 15) is 39.6 Å². The van der Waals surface area contributed by atoms with Gasteiger partial charge in [0.05, 0.1) is 65.0 Å². The van der Waals surface area contributed by atoms with Crippen molar-refractivity contribution in [2.45, 2.75) is 241 Å². The van der Waals surface area contributed by atoms with E-state index in [1.54, 1.807) is 26.8 Å². The Morgan fingerprint density at radius 3 is 1.88 bits per heavy atom. The summed E-state index contributed by atoms with van der Waals surface area (Å²) >= 11 is 0. The molecule has 23 heteroatoms. The van der Waals surface area contributed by atoms with E-state index in [0.717, 1.165) is 0 Å². The molecular weight excluding hydrogens is 1080 g/mol. The summed E-state index contributed by atoms with van der Waals surface area (Å²) in [4.78, 5) is 57.6. The molecule has 0 saturated carbocycles. The number of aromatic hydroxyl groups is 3. The first-order valence-electron chi connectivity index (χ1n) is 29.3. The molecule has 83 heavy (non-hydrogen) atoms. The SMILES string of the molecule is CCC1(O)CC(OC2CC(N(C)C)C(OC3CCC(OC4C=CC(=O)C(C)O4)C(C)O3)C(C)O2)c2c(O)c3c(c(O)c2C1OC1CC(N(C)C)C(OC2CC4OC5CC(=O)C(C)OC5OC4C(C)O2)C(C)O1)C(=O)c1cccc(O)c1C3=O. The lowest BCUT2D eigenvalue weighted by Crippen LogP contribution is -2.62. The number of phenolic OH excluding ortho intramolecular Hbond substituents is 3. The van der Waals surface area contributed by atoms with E-state index < -0.39 is 157 Å². The highest BCUT2D eigenvalue weighted by molar-refractivity contribution is 6.31. The van der Waals surface area contributed by atoms with Gasteiger partial charge in [0, 0.05) is 67.3 Å². The summed E-state index contributed by atoms with van der Waals surface area (Å²) in [7, 11) is 7.59. The normalized spacial score (nSPS) is 41.8. The van der Waals surface area contributed by atoms with Gasteiger partial charge in [0.25, 0.3) is 0 Å². The topological polar surface area (TPSA) is 276 Å². The van der Waals surface area contributed by atoms with Crippen molar-refractivity contribution in [2.75, 3.05) is 28.2 Å². The third-order valence-electron chi connectivity index (χ3n) is 18.3. The van der Waals surface area contributed by atoms with Gasteiger partial charge in [-0.2, -0.15) is 0 Å². The van der Waals surface area contributed by atoms with Crippen LogP contribution in [0.25, 0.3) is 0 Å². The largest absolute Gasteiger partial charge is 0.507 e. The number of phenols is 3. The number of fused-ring (bicyclic) bond motifs is 5. The number of hydrogen-bond donors (Lipinski definition) is 4. The first-order chi connectivity index (χ1) is 39.4. The van der Waals surface area contributed by atoms with Crippen LogP contribution in [0.3, 0.4) is 0 Å². The van der Waals surface area contributed by atoms with Gasteiger partial charge in [-0.3, -0.25) is 19.2 Å². The van der Waals surface area contributed by atoms with Crippen molar-refractivity contribution in [3.8, 4) is 17.2 Å². The fourth-order valence-electron chi connectivity index (χ4n) is 13.7. The van der Waals surface area contributed by atoms with Gasteiger partial charge in [-0.15, -0.1) is 0 Å². The van der Waals surface area contributed by atoms with E-state index in [-0.39, 0.29) is 90.2 Å². The molecule has 2 aromatic rings. The quantitative estimate of drug-likeness (QED) is 0.166. The van der Waals surface area contributed by atoms with Crippen LogP contribution in [-0.2, 0) is 71.2 Å². The molecule has 23 unspecified atom stereocenters. The maximum Gasteiger partial charge on any atom is 0.202 e. The van der Waals surface area contributed by atoms with Crippen LogP contribution in [0.4, 0.5) is 0 Å². The maximum absolute atomic E-state index is 14.6. The molecule has 4 N–H and O–H groups in total. The highest BCUT2D eigenvalue weighted by atomic mass is 16.8. The molecule has 9 aliphatic rings. The van der Waals surface area contributed by atoms with Crippen LogP contribution >= 0.6 is 0 Å². The first-order valence-corrected chi connectivity index (χ1v) is 29.3. The number of ketones is 4. The molecule has 7 heterocycles. The van der Waals surface area contributed by atoms with E-state index >= 15 is 0 Å². The Bertz CT molecular complexity index is 2830. The average Bonchev–Trinajstić information content (AvgIpc) is 2.96. The number of rotatable bonds is 13. The molecule has 456 valence electrons. The molecule has 0 aromatic heterocycles. The fraction of sp³-hybridized carbons (Fsp3) is 0.700. The van der Waals surface area contributed by atoms with Crippen LogP contribution in [0.2, 0.25) is 0 Å². The molecule has 23 atom stereocenters. The van der Waals surface area contributed by atoms with Crippen molar-refractivity contribution >= 4 is 23.1 Å². The molecule has 7 aliphatic heterocycles. The molecule has 11 rings (SSSR count). The maximum atomic E-state index is 14.6. The summed E-state index contributed by atoms with van der Waals surface area (Å²) in [5, 5.41) is 49.4. The zero-order chi connectivity index (χ0) is 59.2. The van der Waals surface area contributed by atoms with Crippen molar-refractivity contribution in [3.05, 3.63) is 63.7 Å².